The van der Waals surface area contributed by atoms with Crippen LogP contribution in [0.2, 0.25) is 0 Å². The predicted molar refractivity (Wildman–Crippen MR) is 113 cm³/mol. The van der Waals surface area contributed by atoms with Gasteiger partial charge >= 0.3 is 0 Å². The summed E-state index contributed by atoms with van der Waals surface area (Å²) in [6, 6.07) is 14.2. The average Bonchev–Trinajstić information content (AvgIpc) is 2.76. The molecule has 0 saturated heterocycles. The van der Waals surface area contributed by atoms with Crippen LogP contribution in [0, 0.1) is 5.82 Å². The van der Waals surface area contributed by atoms with Crippen molar-refractivity contribution >= 4 is 17.9 Å². The van der Waals surface area contributed by atoms with Crippen LogP contribution in [-0.2, 0) is 10.2 Å². The molecule has 0 radical (unpaired) electrons. The molecule has 0 atom stereocenters. The van der Waals surface area contributed by atoms with Crippen LogP contribution in [0.15, 0.2) is 54.7 Å². The fraction of sp³-hybridized carbons (Fsp3) is 0.273. The first-order valence-corrected chi connectivity index (χ1v) is 9.86. The highest BCUT2D eigenvalue weighted by Crippen LogP contribution is 2.43. The molecule has 30 heavy (non-hydrogen) atoms. The molecule has 2 aromatic heterocycles. The maximum Gasteiger partial charge on any atom is 0.228 e. The Morgan fingerprint density at radius 1 is 1.17 bits per heavy atom. The number of hydrogen-bond acceptors (Lipinski definition) is 6. The van der Waals surface area contributed by atoms with Crippen LogP contribution in [0.25, 0.3) is 11.3 Å². The van der Waals surface area contributed by atoms with E-state index in [9.17, 15) is 9.18 Å². The molecule has 1 aliphatic carbocycles. The molecule has 154 valence electrons. The summed E-state index contributed by atoms with van der Waals surface area (Å²) in [4.78, 5) is 15.4. The second-order valence-electron chi connectivity index (χ2n) is 7.37. The zero-order valence-electron chi connectivity index (χ0n) is 16.7. The number of carbonyl (C=O) groups is 1. The van der Waals surface area contributed by atoms with Gasteiger partial charge in [-0.25, -0.2) is 14.8 Å². The molecule has 0 unspecified atom stereocenters. The van der Waals surface area contributed by atoms with Gasteiger partial charge in [-0.2, -0.15) is 0 Å². The van der Waals surface area contributed by atoms with E-state index in [1.165, 1.54) is 11.1 Å². The number of hydrazine groups is 1. The lowest BCUT2D eigenvalue weighted by atomic mass is 9.66. The van der Waals surface area contributed by atoms with E-state index in [4.69, 9.17) is 0 Å². The SMILES string of the molecule is CNN(C=O)c1cccc(-c2ccc(NCC3(c4ncccc4F)CCC3)nn2)c1. The van der Waals surface area contributed by atoms with Crippen LogP contribution in [-0.4, -0.2) is 35.2 Å². The molecule has 8 heteroatoms. The Morgan fingerprint density at radius 2 is 2.03 bits per heavy atom. The van der Waals surface area contributed by atoms with Gasteiger partial charge in [0.2, 0.25) is 6.41 Å². The number of nitrogens with zero attached hydrogens (tertiary/aromatic N) is 4. The van der Waals surface area contributed by atoms with Crippen molar-refractivity contribution in [2.24, 2.45) is 0 Å². The number of rotatable bonds is 8. The maximum atomic E-state index is 14.3. The number of carbonyl (C=O) groups excluding carboxylic acids is 1. The standard InChI is InChI=1S/C22H23FN6O/c1-24-29(15-30)17-6-2-5-16(13-17)19-8-9-20(28-27-19)26-14-22(10-4-11-22)21-18(23)7-3-12-25-21/h2-3,5-9,12-13,15,24H,4,10-11,14H2,1H3,(H,26,28). The van der Waals surface area contributed by atoms with Crippen molar-refractivity contribution in [3.05, 3.63) is 66.2 Å². The molecule has 1 amide bonds. The van der Waals surface area contributed by atoms with E-state index in [0.29, 0.717) is 35.8 Å². The zero-order chi connectivity index (χ0) is 21.0. The van der Waals surface area contributed by atoms with E-state index in [-0.39, 0.29) is 11.2 Å². The van der Waals surface area contributed by atoms with E-state index in [2.05, 4.69) is 25.9 Å². The molecule has 0 bridgehead atoms. The lowest BCUT2D eigenvalue weighted by molar-refractivity contribution is -0.107. The lowest BCUT2D eigenvalue weighted by Gasteiger charge is -2.41. The van der Waals surface area contributed by atoms with Crippen molar-refractivity contribution < 1.29 is 9.18 Å². The average molecular weight is 406 g/mol. The number of benzene rings is 1. The monoisotopic (exact) mass is 406 g/mol. The first kappa shape index (κ1) is 19.9. The van der Waals surface area contributed by atoms with Gasteiger partial charge in [-0.15, -0.1) is 10.2 Å². The van der Waals surface area contributed by atoms with Gasteiger partial charge in [0, 0.05) is 30.8 Å². The molecule has 0 spiro atoms. The van der Waals surface area contributed by atoms with Crippen molar-refractivity contribution in [3.63, 3.8) is 0 Å². The predicted octanol–water partition coefficient (Wildman–Crippen LogP) is 3.31. The number of hydrogen-bond donors (Lipinski definition) is 2. The quantitative estimate of drug-likeness (QED) is 0.441. The van der Waals surface area contributed by atoms with Gasteiger partial charge in [0.05, 0.1) is 17.1 Å². The van der Waals surface area contributed by atoms with Crippen molar-refractivity contribution in [1.82, 2.24) is 20.6 Å². The highest BCUT2D eigenvalue weighted by atomic mass is 19.1. The maximum absolute atomic E-state index is 14.3. The fourth-order valence-corrected chi connectivity index (χ4v) is 3.77. The third kappa shape index (κ3) is 3.86. The highest BCUT2D eigenvalue weighted by molar-refractivity contribution is 5.76. The van der Waals surface area contributed by atoms with Crippen LogP contribution in [0.1, 0.15) is 25.0 Å². The van der Waals surface area contributed by atoms with Gasteiger partial charge in [-0.1, -0.05) is 18.6 Å². The number of halogens is 1. The van der Waals surface area contributed by atoms with Crippen LogP contribution < -0.4 is 15.8 Å². The Hall–Kier alpha value is -3.39. The van der Waals surface area contributed by atoms with E-state index >= 15 is 0 Å². The molecular weight excluding hydrogens is 383 g/mol. The number of amides is 1. The first-order chi connectivity index (χ1) is 14.6. The van der Waals surface area contributed by atoms with Crippen LogP contribution in [0.3, 0.4) is 0 Å². The van der Waals surface area contributed by atoms with Crippen molar-refractivity contribution in [2.75, 3.05) is 23.9 Å². The Bertz CT molecular complexity index is 1020. The number of anilines is 2. The van der Waals surface area contributed by atoms with E-state index in [1.54, 1.807) is 19.3 Å². The molecule has 1 aromatic carbocycles. The van der Waals surface area contributed by atoms with E-state index in [0.717, 1.165) is 24.8 Å². The summed E-state index contributed by atoms with van der Waals surface area (Å²) in [6.45, 7) is 0.556. The normalized spacial score (nSPS) is 14.6. The minimum atomic E-state index is -0.300. The lowest BCUT2D eigenvalue weighted by Crippen LogP contribution is -2.42. The number of pyridine rings is 1. The zero-order valence-corrected chi connectivity index (χ0v) is 16.7. The van der Waals surface area contributed by atoms with E-state index < -0.39 is 0 Å². The van der Waals surface area contributed by atoms with E-state index in [1.807, 2.05) is 36.4 Å². The minimum absolute atomic E-state index is 0.258. The third-order valence-corrected chi connectivity index (χ3v) is 5.61. The Labute approximate surface area is 174 Å². The molecule has 2 heterocycles. The van der Waals surface area contributed by atoms with Gasteiger partial charge < -0.3 is 5.32 Å². The summed E-state index contributed by atoms with van der Waals surface area (Å²) in [6.07, 6.45) is 5.19. The molecule has 7 nitrogen and oxygen atoms in total. The second-order valence-corrected chi connectivity index (χ2v) is 7.37. The Balaban J connectivity index is 1.48. The van der Waals surface area contributed by atoms with Crippen molar-refractivity contribution in [2.45, 2.75) is 24.7 Å². The summed E-state index contributed by atoms with van der Waals surface area (Å²) in [7, 11) is 1.67. The van der Waals surface area contributed by atoms with Crippen LogP contribution in [0.5, 0.6) is 0 Å². The van der Waals surface area contributed by atoms with Gasteiger partial charge in [-0.3, -0.25) is 9.78 Å². The first-order valence-electron chi connectivity index (χ1n) is 9.86. The van der Waals surface area contributed by atoms with Gasteiger partial charge in [0.15, 0.2) is 0 Å². The summed E-state index contributed by atoms with van der Waals surface area (Å²) < 4.78 is 14.3. The summed E-state index contributed by atoms with van der Waals surface area (Å²) in [5, 5.41) is 13.3. The van der Waals surface area contributed by atoms with Crippen LogP contribution >= 0.6 is 0 Å². The van der Waals surface area contributed by atoms with Gasteiger partial charge in [0.1, 0.15) is 11.6 Å². The van der Waals surface area contributed by atoms with Crippen molar-refractivity contribution in [1.29, 1.82) is 0 Å². The Morgan fingerprint density at radius 3 is 2.67 bits per heavy atom. The molecule has 1 aliphatic rings. The van der Waals surface area contributed by atoms with Crippen LogP contribution in [0.4, 0.5) is 15.9 Å². The molecule has 3 aromatic rings. The molecule has 1 saturated carbocycles. The molecule has 2 N–H and O–H groups in total. The second kappa shape index (κ2) is 8.54. The molecular formula is C22H23FN6O. The third-order valence-electron chi connectivity index (χ3n) is 5.61. The summed E-state index contributed by atoms with van der Waals surface area (Å²) in [5.74, 6) is 0.369. The summed E-state index contributed by atoms with van der Waals surface area (Å²) >= 11 is 0. The smallest absolute Gasteiger partial charge is 0.228 e. The molecule has 0 aliphatic heterocycles. The van der Waals surface area contributed by atoms with Gasteiger partial charge in [0.25, 0.3) is 0 Å². The largest absolute Gasteiger partial charge is 0.368 e. The molecule has 1 fully saturated rings. The summed E-state index contributed by atoms with van der Waals surface area (Å²) in [5.41, 5.74) is 5.27. The molecule has 4 rings (SSSR count). The Kier molecular flexibility index (Phi) is 5.67. The highest BCUT2D eigenvalue weighted by Gasteiger charge is 2.41. The van der Waals surface area contributed by atoms with Gasteiger partial charge in [-0.05, 0) is 49.2 Å². The van der Waals surface area contributed by atoms with Crippen molar-refractivity contribution in [3.8, 4) is 11.3 Å². The number of nitrogens with one attached hydrogen (secondary N) is 2. The topological polar surface area (TPSA) is 83.0 Å². The number of aromatic nitrogens is 3. The minimum Gasteiger partial charge on any atom is -0.368 e. The fourth-order valence-electron chi connectivity index (χ4n) is 3.77.